The highest BCUT2D eigenvalue weighted by Gasteiger charge is 2.06. The molecule has 0 amide bonds. The third-order valence-electron chi connectivity index (χ3n) is 2.89. The largest absolute Gasteiger partial charge is 0.508 e. The summed E-state index contributed by atoms with van der Waals surface area (Å²) in [4.78, 5) is 2.07. The monoisotopic (exact) mass is 243 g/mol. The van der Waals surface area contributed by atoms with E-state index in [-0.39, 0.29) is 0 Å². The van der Waals surface area contributed by atoms with Crippen LogP contribution in [0.1, 0.15) is 5.56 Å². The highest BCUT2D eigenvalue weighted by atomic mass is 16.5. The number of ether oxygens (including phenoxy) is 1. The van der Waals surface area contributed by atoms with Gasteiger partial charge in [-0.1, -0.05) is 24.3 Å². The van der Waals surface area contributed by atoms with Crippen molar-refractivity contribution in [3.05, 3.63) is 54.1 Å². The summed E-state index contributed by atoms with van der Waals surface area (Å²) in [5.74, 6) is 1.16. The van der Waals surface area contributed by atoms with Crippen molar-refractivity contribution in [3.8, 4) is 11.5 Å². The number of anilines is 1. The summed E-state index contributed by atoms with van der Waals surface area (Å²) in [6.45, 7) is 0.653. The SMILES string of the molecule is COc1cccc(N(C)Cc2ccccc2O)c1. The average molecular weight is 243 g/mol. The Morgan fingerprint density at radius 3 is 2.61 bits per heavy atom. The number of phenolic OH excluding ortho intramolecular Hbond substituents is 1. The van der Waals surface area contributed by atoms with Crippen LogP contribution in [0.2, 0.25) is 0 Å². The number of benzene rings is 2. The summed E-state index contributed by atoms with van der Waals surface area (Å²) >= 11 is 0. The molecule has 0 radical (unpaired) electrons. The molecule has 0 atom stereocenters. The lowest BCUT2D eigenvalue weighted by Gasteiger charge is -2.20. The zero-order valence-electron chi connectivity index (χ0n) is 10.6. The van der Waals surface area contributed by atoms with Gasteiger partial charge in [-0.25, -0.2) is 0 Å². The van der Waals surface area contributed by atoms with Crippen LogP contribution >= 0.6 is 0 Å². The third kappa shape index (κ3) is 2.74. The van der Waals surface area contributed by atoms with Gasteiger partial charge in [-0.05, 0) is 18.2 Å². The van der Waals surface area contributed by atoms with E-state index in [4.69, 9.17) is 4.74 Å². The lowest BCUT2D eigenvalue weighted by atomic mass is 10.2. The number of aromatic hydroxyl groups is 1. The fourth-order valence-electron chi connectivity index (χ4n) is 1.84. The Morgan fingerprint density at radius 1 is 1.11 bits per heavy atom. The maximum atomic E-state index is 9.76. The van der Waals surface area contributed by atoms with Gasteiger partial charge in [-0.3, -0.25) is 0 Å². The molecule has 0 aliphatic rings. The van der Waals surface area contributed by atoms with E-state index in [0.29, 0.717) is 12.3 Å². The smallest absolute Gasteiger partial charge is 0.120 e. The minimum atomic E-state index is 0.326. The molecule has 0 aliphatic carbocycles. The zero-order valence-corrected chi connectivity index (χ0v) is 10.6. The summed E-state index contributed by atoms with van der Waals surface area (Å²) in [5, 5.41) is 9.76. The molecule has 18 heavy (non-hydrogen) atoms. The van der Waals surface area contributed by atoms with Gasteiger partial charge in [0.05, 0.1) is 7.11 Å². The molecule has 0 spiro atoms. The molecule has 0 bridgehead atoms. The van der Waals surface area contributed by atoms with Crippen molar-refractivity contribution in [1.29, 1.82) is 0 Å². The second-order valence-corrected chi connectivity index (χ2v) is 4.19. The lowest BCUT2D eigenvalue weighted by molar-refractivity contribution is 0.415. The van der Waals surface area contributed by atoms with Crippen molar-refractivity contribution < 1.29 is 9.84 Å². The summed E-state index contributed by atoms with van der Waals surface area (Å²) in [6.07, 6.45) is 0. The van der Waals surface area contributed by atoms with E-state index in [1.807, 2.05) is 49.5 Å². The van der Waals surface area contributed by atoms with E-state index >= 15 is 0 Å². The van der Waals surface area contributed by atoms with Crippen LogP contribution in [-0.2, 0) is 6.54 Å². The molecule has 2 rings (SSSR count). The van der Waals surface area contributed by atoms with Gasteiger partial charge in [0.2, 0.25) is 0 Å². The van der Waals surface area contributed by atoms with Gasteiger partial charge in [0.1, 0.15) is 11.5 Å². The zero-order chi connectivity index (χ0) is 13.0. The van der Waals surface area contributed by atoms with Crippen molar-refractivity contribution in [2.24, 2.45) is 0 Å². The number of nitrogens with zero attached hydrogens (tertiary/aromatic N) is 1. The Morgan fingerprint density at radius 2 is 1.89 bits per heavy atom. The summed E-state index contributed by atoms with van der Waals surface area (Å²) in [6, 6.07) is 15.2. The summed E-state index contributed by atoms with van der Waals surface area (Å²) < 4.78 is 5.20. The van der Waals surface area contributed by atoms with Crippen LogP contribution in [0.15, 0.2) is 48.5 Å². The van der Waals surface area contributed by atoms with E-state index in [1.54, 1.807) is 13.2 Å². The number of methoxy groups -OCH3 is 1. The molecule has 0 unspecified atom stereocenters. The van der Waals surface area contributed by atoms with Crippen LogP contribution in [-0.4, -0.2) is 19.3 Å². The molecule has 0 saturated heterocycles. The normalized spacial score (nSPS) is 10.1. The first-order valence-corrected chi connectivity index (χ1v) is 5.83. The molecule has 0 heterocycles. The van der Waals surface area contributed by atoms with Gasteiger partial charge in [0.25, 0.3) is 0 Å². The average Bonchev–Trinajstić information content (AvgIpc) is 2.41. The number of para-hydroxylation sites is 1. The highest BCUT2D eigenvalue weighted by Crippen LogP contribution is 2.23. The van der Waals surface area contributed by atoms with Crippen LogP contribution in [0.4, 0.5) is 5.69 Å². The van der Waals surface area contributed by atoms with Gasteiger partial charge in [0.15, 0.2) is 0 Å². The molecule has 2 aromatic rings. The van der Waals surface area contributed by atoms with Gasteiger partial charge in [-0.15, -0.1) is 0 Å². The van der Waals surface area contributed by atoms with Crippen LogP contribution in [0.25, 0.3) is 0 Å². The number of rotatable bonds is 4. The summed E-state index contributed by atoms with van der Waals surface area (Å²) in [5.41, 5.74) is 1.96. The maximum Gasteiger partial charge on any atom is 0.120 e. The molecule has 2 aromatic carbocycles. The number of phenols is 1. The predicted molar refractivity (Wildman–Crippen MR) is 73.2 cm³/mol. The molecule has 0 aromatic heterocycles. The van der Waals surface area contributed by atoms with Crippen molar-refractivity contribution in [2.45, 2.75) is 6.54 Å². The molecular weight excluding hydrogens is 226 g/mol. The Kier molecular flexibility index (Phi) is 3.72. The second-order valence-electron chi connectivity index (χ2n) is 4.19. The quantitative estimate of drug-likeness (QED) is 0.896. The minimum absolute atomic E-state index is 0.326. The first-order valence-electron chi connectivity index (χ1n) is 5.83. The molecule has 0 saturated carbocycles. The Bertz CT molecular complexity index is 525. The molecule has 3 nitrogen and oxygen atoms in total. The lowest BCUT2D eigenvalue weighted by Crippen LogP contribution is -2.16. The van der Waals surface area contributed by atoms with Gasteiger partial charge in [0, 0.05) is 30.9 Å². The second kappa shape index (κ2) is 5.45. The first kappa shape index (κ1) is 12.3. The predicted octanol–water partition coefficient (Wildman–Crippen LogP) is 3.04. The molecule has 1 N–H and O–H groups in total. The van der Waals surface area contributed by atoms with Crippen molar-refractivity contribution >= 4 is 5.69 Å². The van der Waals surface area contributed by atoms with E-state index in [1.165, 1.54) is 0 Å². The standard InChI is InChI=1S/C15H17NO2/c1-16(11-12-6-3-4-9-15(12)17)13-7-5-8-14(10-13)18-2/h3-10,17H,11H2,1-2H3. The van der Waals surface area contributed by atoms with Crippen LogP contribution < -0.4 is 9.64 Å². The molecule has 94 valence electrons. The fraction of sp³-hybridized carbons (Fsp3) is 0.200. The first-order chi connectivity index (χ1) is 8.70. The number of hydrogen-bond donors (Lipinski definition) is 1. The molecule has 0 fully saturated rings. The van der Waals surface area contributed by atoms with Gasteiger partial charge < -0.3 is 14.7 Å². The third-order valence-corrected chi connectivity index (χ3v) is 2.89. The van der Waals surface area contributed by atoms with Gasteiger partial charge >= 0.3 is 0 Å². The van der Waals surface area contributed by atoms with E-state index < -0.39 is 0 Å². The van der Waals surface area contributed by atoms with Crippen molar-refractivity contribution in [2.75, 3.05) is 19.1 Å². The molecule has 3 heteroatoms. The van der Waals surface area contributed by atoms with Crippen molar-refractivity contribution in [1.82, 2.24) is 0 Å². The minimum Gasteiger partial charge on any atom is -0.508 e. The van der Waals surface area contributed by atoms with Crippen LogP contribution in [0, 0.1) is 0 Å². The topological polar surface area (TPSA) is 32.7 Å². The van der Waals surface area contributed by atoms with E-state index in [0.717, 1.165) is 17.0 Å². The maximum absolute atomic E-state index is 9.76. The van der Waals surface area contributed by atoms with Crippen LogP contribution in [0.3, 0.4) is 0 Å². The van der Waals surface area contributed by atoms with E-state index in [9.17, 15) is 5.11 Å². The molecule has 0 aliphatic heterocycles. The molecular formula is C15H17NO2. The highest BCUT2D eigenvalue weighted by molar-refractivity contribution is 5.51. The van der Waals surface area contributed by atoms with Crippen molar-refractivity contribution in [3.63, 3.8) is 0 Å². The Balaban J connectivity index is 2.16. The number of hydrogen-bond acceptors (Lipinski definition) is 3. The fourth-order valence-corrected chi connectivity index (χ4v) is 1.84. The Hall–Kier alpha value is -2.16. The Labute approximate surface area is 107 Å². The van der Waals surface area contributed by atoms with Crippen LogP contribution in [0.5, 0.6) is 11.5 Å². The van der Waals surface area contributed by atoms with Gasteiger partial charge in [-0.2, -0.15) is 0 Å². The van der Waals surface area contributed by atoms with E-state index in [2.05, 4.69) is 4.90 Å². The summed E-state index contributed by atoms with van der Waals surface area (Å²) in [7, 11) is 3.64.